The molecule has 1 aromatic heterocycles. The summed E-state index contributed by atoms with van der Waals surface area (Å²) in [6, 6.07) is 13.1. The van der Waals surface area contributed by atoms with Crippen molar-refractivity contribution in [1.82, 2.24) is 0 Å². The molecule has 0 saturated carbocycles. The highest BCUT2D eigenvalue weighted by atomic mass is 32.1. The summed E-state index contributed by atoms with van der Waals surface area (Å²) in [6.45, 7) is 5.38. The first kappa shape index (κ1) is 15.3. The second kappa shape index (κ2) is 8.27. The number of thiophene rings is 1. The van der Waals surface area contributed by atoms with Gasteiger partial charge in [-0.3, -0.25) is 0 Å². The Balaban J connectivity index is 1.58. The predicted octanol–water partition coefficient (Wildman–Crippen LogP) is 3.91. The standard InChI is InChI=1S/C17H24OSSi/c1-14-11-13-19-17(14)18-12-7-6-8-15(2)20-16-9-4-3-5-10-16/h3-5,9-11,13,15H,6-8,12,20H2,1-2H3. The van der Waals surface area contributed by atoms with Gasteiger partial charge in [-0.05, 0) is 30.3 Å². The van der Waals surface area contributed by atoms with Gasteiger partial charge in [0.25, 0.3) is 0 Å². The van der Waals surface area contributed by atoms with Gasteiger partial charge in [0.1, 0.15) is 0 Å². The molecule has 0 bridgehead atoms. The average molecular weight is 305 g/mol. The number of hydrogen-bond acceptors (Lipinski definition) is 2. The minimum atomic E-state index is -0.108. The highest BCUT2D eigenvalue weighted by molar-refractivity contribution is 7.12. The van der Waals surface area contributed by atoms with Gasteiger partial charge in [-0.15, -0.1) is 11.3 Å². The molecule has 0 aliphatic heterocycles. The third kappa shape index (κ3) is 5.14. The second-order valence-electron chi connectivity index (χ2n) is 5.53. The lowest BCUT2D eigenvalue weighted by Gasteiger charge is -2.11. The highest BCUT2D eigenvalue weighted by Gasteiger charge is 2.05. The molecule has 0 saturated heterocycles. The third-order valence-electron chi connectivity index (χ3n) is 3.57. The molecule has 1 unspecified atom stereocenters. The predicted molar refractivity (Wildman–Crippen MR) is 92.4 cm³/mol. The monoisotopic (exact) mass is 304 g/mol. The smallest absolute Gasteiger partial charge is 0.176 e. The molecule has 1 nitrogen and oxygen atoms in total. The Morgan fingerprint density at radius 1 is 1.15 bits per heavy atom. The van der Waals surface area contributed by atoms with E-state index in [1.807, 2.05) is 0 Å². The van der Waals surface area contributed by atoms with Crippen LogP contribution in [0.25, 0.3) is 0 Å². The van der Waals surface area contributed by atoms with E-state index in [2.05, 4.69) is 55.6 Å². The molecule has 1 heterocycles. The Hall–Kier alpha value is -1.06. The summed E-state index contributed by atoms with van der Waals surface area (Å²) in [6.07, 6.45) is 3.80. The molecule has 3 heteroatoms. The quantitative estimate of drug-likeness (QED) is 0.531. The van der Waals surface area contributed by atoms with Crippen molar-refractivity contribution in [2.75, 3.05) is 6.61 Å². The van der Waals surface area contributed by atoms with Gasteiger partial charge in [0.2, 0.25) is 0 Å². The van der Waals surface area contributed by atoms with E-state index < -0.39 is 0 Å². The molecule has 0 amide bonds. The second-order valence-corrected chi connectivity index (χ2v) is 9.03. The lowest BCUT2D eigenvalue weighted by molar-refractivity contribution is 0.312. The van der Waals surface area contributed by atoms with E-state index in [-0.39, 0.29) is 9.52 Å². The lowest BCUT2D eigenvalue weighted by Crippen LogP contribution is -2.17. The maximum absolute atomic E-state index is 5.81. The summed E-state index contributed by atoms with van der Waals surface area (Å²) in [5, 5.41) is 4.78. The van der Waals surface area contributed by atoms with Crippen LogP contribution in [-0.2, 0) is 0 Å². The molecular weight excluding hydrogens is 280 g/mol. The van der Waals surface area contributed by atoms with E-state index in [4.69, 9.17) is 4.74 Å². The van der Waals surface area contributed by atoms with Crippen LogP contribution >= 0.6 is 11.3 Å². The van der Waals surface area contributed by atoms with Crippen LogP contribution in [0.4, 0.5) is 0 Å². The van der Waals surface area contributed by atoms with Crippen LogP contribution in [0, 0.1) is 6.92 Å². The minimum absolute atomic E-state index is 0.108. The van der Waals surface area contributed by atoms with Crippen LogP contribution in [0.2, 0.25) is 5.54 Å². The fourth-order valence-corrected chi connectivity index (χ4v) is 5.03. The van der Waals surface area contributed by atoms with Crippen molar-refractivity contribution in [3.63, 3.8) is 0 Å². The van der Waals surface area contributed by atoms with E-state index in [9.17, 15) is 0 Å². The molecule has 2 rings (SSSR count). The van der Waals surface area contributed by atoms with Gasteiger partial charge in [0, 0.05) is 5.56 Å². The van der Waals surface area contributed by atoms with Gasteiger partial charge in [-0.25, -0.2) is 0 Å². The molecule has 0 aliphatic rings. The summed E-state index contributed by atoms with van der Waals surface area (Å²) in [5.74, 6) is 0. The fraction of sp³-hybridized carbons (Fsp3) is 0.412. The van der Waals surface area contributed by atoms with Gasteiger partial charge in [-0.2, -0.15) is 0 Å². The number of unbranched alkanes of at least 4 members (excludes halogenated alkanes) is 1. The van der Waals surface area contributed by atoms with Crippen molar-refractivity contribution < 1.29 is 4.74 Å². The fourth-order valence-electron chi connectivity index (χ4n) is 2.38. The number of hydrogen-bond donors (Lipinski definition) is 0. The Kier molecular flexibility index (Phi) is 6.34. The molecule has 1 atom stereocenters. The summed E-state index contributed by atoms with van der Waals surface area (Å²) in [5.41, 5.74) is 2.15. The van der Waals surface area contributed by atoms with E-state index in [1.165, 1.54) is 24.8 Å². The third-order valence-corrected chi connectivity index (χ3v) is 6.54. The molecule has 0 radical (unpaired) electrons. The maximum atomic E-state index is 5.81. The molecule has 20 heavy (non-hydrogen) atoms. The zero-order valence-corrected chi connectivity index (χ0v) is 14.7. The zero-order chi connectivity index (χ0) is 14.2. The largest absolute Gasteiger partial charge is 0.484 e. The molecule has 0 spiro atoms. The Morgan fingerprint density at radius 3 is 2.65 bits per heavy atom. The Morgan fingerprint density at radius 2 is 1.95 bits per heavy atom. The van der Waals surface area contributed by atoms with Gasteiger partial charge in [0.15, 0.2) is 5.06 Å². The lowest BCUT2D eigenvalue weighted by atomic mass is 10.2. The van der Waals surface area contributed by atoms with Crippen LogP contribution in [0.5, 0.6) is 5.06 Å². The Bertz CT molecular complexity index is 495. The van der Waals surface area contributed by atoms with E-state index in [0.29, 0.717) is 0 Å². The van der Waals surface area contributed by atoms with E-state index >= 15 is 0 Å². The first-order valence-electron chi connectivity index (χ1n) is 7.46. The maximum Gasteiger partial charge on any atom is 0.176 e. The van der Waals surface area contributed by atoms with Crippen LogP contribution < -0.4 is 9.92 Å². The average Bonchev–Trinajstić information content (AvgIpc) is 2.85. The van der Waals surface area contributed by atoms with E-state index in [0.717, 1.165) is 17.2 Å². The molecule has 0 aliphatic carbocycles. The van der Waals surface area contributed by atoms with Crippen molar-refractivity contribution in [2.24, 2.45) is 0 Å². The van der Waals surface area contributed by atoms with Crippen molar-refractivity contribution in [3.05, 3.63) is 47.3 Å². The van der Waals surface area contributed by atoms with Gasteiger partial charge < -0.3 is 4.74 Å². The summed E-state index contributed by atoms with van der Waals surface area (Å²) < 4.78 is 5.81. The van der Waals surface area contributed by atoms with Crippen LogP contribution in [-0.4, -0.2) is 16.1 Å². The normalized spacial score (nSPS) is 12.9. The number of aryl methyl sites for hydroxylation is 1. The van der Waals surface area contributed by atoms with Gasteiger partial charge in [-0.1, -0.05) is 55.3 Å². The van der Waals surface area contributed by atoms with Gasteiger partial charge >= 0.3 is 0 Å². The highest BCUT2D eigenvalue weighted by Crippen LogP contribution is 2.25. The first-order valence-corrected chi connectivity index (χ1v) is 9.87. The summed E-state index contributed by atoms with van der Waals surface area (Å²) in [7, 11) is -0.108. The zero-order valence-electron chi connectivity index (χ0n) is 12.5. The van der Waals surface area contributed by atoms with Crippen LogP contribution in [0.1, 0.15) is 31.7 Å². The van der Waals surface area contributed by atoms with Crippen molar-refractivity contribution in [2.45, 2.75) is 38.7 Å². The number of ether oxygens (including phenoxy) is 1. The molecular formula is C17H24OSSi. The van der Waals surface area contributed by atoms with E-state index in [1.54, 1.807) is 16.5 Å². The molecule has 1 aromatic carbocycles. The first-order chi connectivity index (χ1) is 9.75. The molecule has 108 valence electrons. The van der Waals surface area contributed by atoms with Crippen molar-refractivity contribution >= 4 is 26.0 Å². The number of rotatable bonds is 8. The topological polar surface area (TPSA) is 9.23 Å². The number of benzene rings is 1. The SMILES string of the molecule is Cc1ccsc1OCCCCC(C)[SiH2]c1ccccc1. The van der Waals surface area contributed by atoms with Crippen molar-refractivity contribution in [1.29, 1.82) is 0 Å². The van der Waals surface area contributed by atoms with Gasteiger partial charge in [0.05, 0.1) is 16.1 Å². The minimum Gasteiger partial charge on any atom is -0.484 e. The Labute approximate surface area is 128 Å². The summed E-state index contributed by atoms with van der Waals surface area (Å²) >= 11 is 1.70. The molecule has 2 aromatic rings. The molecule has 0 fully saturated rings. The summed E-state index contributed by atoms with van der Waals surface area (Å²) in [4.78, 5) is 0. The molecule has 0 N–H and O–H groups in total. The van der Waals surface area contributed by atoms with Crippen molar-refractivity contribution in [3.8, 4) is 5.06 Å². The van der Waals surface area contributed by atoms with Crippen LogP contribution in [0.3, 0.4) is 0 Å². The van der Waals surface area contributed by atoms with Crippen LogP contribution in [0.15, 0.2) is 41.8 Å².